The number of alkyl halides is 3. The minimum Gasteiger partial charge on any atom is -0.328 e. The van der Waals surface area contributed by atoms with Crippen LogP contribution in [-0.4, -0.2) is 21.2 Å². The highest BCUT2D eigenvalue weighted by molar-refractivity contribution is 7.98. The van der Waals surface area contributed by atoms with Gasteiger partial charge in [-0.15, -0.1) is 0 Å². The average Bonchev–Trinajstić information content (AvgIpc) is 2.48. The molecule has 0 atom stereocenters. The van der Waals surface area contributed by atoms with E-state index in [1.165, 1.54) is 18.3 Å². The Morgan fingerprint density at radius 3 is 2.33 bits per heavy atom. The first-order valence-corrected chi connectivity index (χ1v) is 7.32. The standard InChI is InChI=1S/C11H8F3N3OS.C2H6/c1-19-10-16-7(4-8(17-10)11(12,13)14)6-2-3-9(18)15-5-6;1-2/h2-5H,1H3,(H,15,18);1-2H3. The van der Waals surface area contributed by atoms with Crippen LogP contribution in [0.1, 0.15) is 19.5 Å². The van der Waals surface area contributed by atoms with Gasteiger partial charge in [-0.25, -0.2) is 9.97 Å². The van der Waals surface area contributed by atoms with E-state index in [0.717, 1.165) is 17.8 Å². The van der Waals surface area contributed by atoms with Gasteiger partial charge in [0.05, 0.1) is 5.69 Å². The molecule has 0 aliphatic rings. The van der Waals surface area contributed by atoms with Gasteiger partial charge in [-0.05, 0) is 18.4 Å². The summed E-state index contributed by atoms with van der Waals surface area (Å²) >= 11 is 1.02. The van der Waals surface area contributed by atoms with Crippen LogP contribution in [0.4, 0.5) is 13.2 Å². The van der Waals surface area contributed by atoms with Gasteiger partial charge in [-0.3, -0.25) is 4.79 Å². The monoisotopic (exact) mass is 317 g/mol. The van der Waals surface area contributed by atoms with Gasteiger partial charge in [0, 0.05) is 17.8 Å². The summed E-state index contributed by atoms with van der Waals surface area (Å²) in [6.45, 7) is 4.00. The molecule has 2 rings (SSSR count). The van der Waals surface area contributed by atoms with Gasteiger partial charge in [0.1, 0.15) is 5.69 Å². The van der Waals surface area contributed by atoms with Gasteiger partial charge >= 0.3 is 6.18 Å². The molecule has 8 heteroatoms. The number of aromatic nitrogens is 3. The highest BCUT2D eigenvalue weighted by Crippen LogP contribution is 2.31. The number of nitrogens with zero attached hydrogens (tertiary/aromatic N) is 2. The summed E-state index contributed by atoms with van der Waals surface area (Å²) < 4.78 is 38.1. The summed E-state index contributed by atoms with van der Waals surface area (Å²) in [6, 6.07) is 3.49. The molecule has 0 saturated heterocycles. The zero-order valence-corrected chi connectivity index (χ0v) is 12.5. The minimum atomic E-state index is -4.54. The summed E-state index contributed by atoms with van der Waals surface area (Å²) in [5.74, 6) is 0. The summed E-state index contributed by atoms with van der Waals surface area (Å²) in [5.41, 5.74) is -0.835. The van der Waals surface area contributed by atoms with Crippen molar-refractivity contribution < 1.29 is 13.2 Å². The van der Waals surface area contributed by atoms with Crippen LogP contribution in [0.5, 0.6) is 0 Å². The Morgan fingerprint density at radius 2 is 1.86 bits per heavy atom. The summed E-state index contributed by atoms with van der Waals surface area (Å²) in [4.78, 5) is 20.7. The van der Waals surface area contributed by atoms with Crippen LogP contribution in [0.15, 0.2) is 34.3 Å². The molecule has 0 aliphatic heterocycles. The lowest BCUT2D eigenvalue weighted by Gasteiger charge is -2.09. The SMILES string of the molecule is CC.CSc1nc(-c2ccc(=O)[nH]c2)cc(C(F)(F)F)n1. The largest absolute Gasteiger partial charge is 0.433 e. The van der Waals surface area contributed by atoms with E-state index in [1.54, 1.807) is 6.26 Å². The number of thioether (sulfide) groups is 1. The second-order valence-corrected chi connectivity index (χ2v) is 4.34. The first-order valence-electron chi connectivity index (χ1n) is 6.09. The highest BCUT2D eigenvalue weighted by atomic mass is 32.2. The smallest absolute Gasteiger partial charge is 0.328 e. The summed E-state index contributed by atoms with van der Waals surface area (Å²) in [7, 11) is 0. The molecule has 0 spiro atoms. The Bertz CT molecular complexity index is 635. The third-order valence-corrected chi connectivity index (χ3v) is 2.81. The van der Waals surface area contributed by atoms with E-state index in [4.69, 9.17) is 0 Å². The molecule has 0 unspecified atom stereocenters. The molecule has 2 aromatic heterocycles. The van der Waals surface area contributed by atoms with Gasteiger partial charge in [0.2, 0.25) is 5.56 Å². The van der Waals surface area contributed by atoms with Crippen molar-refractivity contribution in [3.8, 4) is 11.3 Å². The Labute approximate surface area is 123 Å². The number of H-pyrrole nitrogens is 1. The van der Waals surface area contributed by atoms with E-state index in [0.29, 0.717) is 5.56 Å². The number of rotatable bonds is 2. The lowest BCUT2D eigenvalue weighted by molar-refractivity contribution is -0.141. The normalized spacial score (nSPS) is 10.8. The topological polar surface area (TPSA) is 58.6 Å². The molecule has 0 radical (unpaired) electrons. The van der Waals surface area contributed by atoms with Crippen molar-refractivity contribution in [2.45, 2.75) is 25.2 Å². The molecule has 2 heterocycles. The number of halogens is 3. The zero-order chi connectivity index (χ0) is 16.0. The van der Waals surface area contributed by atoms with Gasteiger partial charge in [0.25, 0.3) is 0 Å². The molecule has 0 aromatic carbocycles. The molecular formula is C13H14F3N3OS. The Kier molecular flexibility index (Phi) is 5.95. The second kappa shape index (κ2) is 7.26. The van der Waals surface area contributed by atoms with E-state index in [1.807, 2.05) is 13.8 Å². The fourth-order valence-electron chi connectivity index (χ4n) is 1.38. The van der Waals surface area contributed by atoms with Crippen molar-refractivity contribution >= 4 is 11.8 Å². The number of nitrogens with one attached hydrogen (secondary N) is 1. The van der Waals surface area contributed by atoms with Crippen LogP contribution < -0.4 is 5.56 Å². The zero-order valence-electron chi connectivity index (χ0n) is 11.7. The number of hydrogen-bond donors (Lipinski definition) is 1. The van der Waals surface area contributed by atoms with E-state index >= 15 is 0 Å². The maximum absolute atomic E-state index is 12.7. The predicted molar refractivity (Wildman–Crippen MR) is 76.2 cm³/mol. The third kappa shape index (κ3) is 4.59. The van der Waals surface area contributed by atoms with Gasteiger partial charge in [-0.1, -0.05) is 25.6 Å². The maximum Gasteiger partial charge on any atom is 0.433 e. The van der Waals surface area contributed by atoms with Crippen LogP contribution in [0.2, 0.25) is 0 Å². The molecule has 2 aromatic rings. The number of aromatic amines is 1. The third-order valence-electron chi connectivity index (χ3n) is 2.26. The minimum absolute atomic E-state index is 0.0241. The molecule has 0 saturated carbocycles. The van der Waals surface area contributed by atoms with Crippen molar-refractivity contribution in [3.63, 3.8) is 0 Å². The van der Waals surface area contributed by atoms with Gasteiger partial charge < -0.3 is 4.98 Å². The lowest BCUT2D eigenvalue weighted by atomic mass is 10.2. The van der Waals surface area contributed by atoms with Gasteiger partial charge in [0.15, 0.2) is 5.16 Å². The summed E-state index contributed by atoms with van der Waals surface area (Å²) in [5, 5.41) is 0.0241. The molecule has 0 bridgehead atoms. The number of pyridine rings is 1. The molecule has 1 N–H and O–H groups in total. The maximum atomic E-state index is 12.7. The van der Waals surface area contributed by atoms with Crippen LogP contribution >= 0.6 is 11.8 Å². The molecular weight excluding hydrogens is 303 g/mol. The molecule has 114 valence electrons. The fraction of sp³-hybridized carbons (Fsp3) is 0.308. The van der Waals surface area contributed by atoms with Crippen LogP contribution in [-0.2, 0) is 6.18 Å². The molecule has 0 amide bonds. The average molecular weight is 317 g/mol. The van der Waals surface area contributed by atoms with Crippen molar-refractivity contribution in [2.24, 2.45) is 0 Å². The first kappa shape index (κ1) is 17.2. The first-order chi connectivity index (χ1) is 9.90. The van der Waals surface area contributed by atoms with Crippen LogP contribution in [0.25, 0.3) is 11.3 Å². The van der Waals surface area contributed by atoms with Crippen molar-refractivity contribution in [1.29, 1.82) is 0 Å². The molecule has 21 heavy (non-hydrogen) atoms. The predicted octanol–water partition coefficient (Wildman–Crippen LogP) is 3.60. The highest BCUT2D eigenvalue weighted by Gasteiger charge is 2.33. The quantitative estimate of drug-likeness (QED) is 0.679. The lowest BCUT2D eigenvalue weighted by Crippen LogP contribution is -2.10. The number of hydrogen-bond acceptors (Lipinski definition) is 4. The van der Waals surface area contributed by atoms with Crippen molar-refractivity contribution in [1.82, 2.24) is 15.0 Å². The van der Waals surface area contributed by atoms with E-state index in [9.17, 15) is 18.0 Å². The molecule has 4 nitrogen and oxygen atoms in total. The van der Waals surface area contributed by atoms with E-state index in [2.05, 4.69) is 15.0 Å². The van der Waals surface area contributed by atoms with Crippen molar-refractivity contribution in [2.75, 3.05) is 6.26 Å². The van der Waals surface area contributed by atoms with Crippen LogP contribution in [0, 0.1) is 0 Å². The summed E-state index contributed by atoms with van der Waals surface area (Å²) in [6.07, 6.45) is -1.63. The second-order valence-electron chi connectivity index (χ2n) is 3.56. The molecule has 0 aliphatic carbocycles. The van der Waals surface area contributed by atoms with Crippen LogP contribution in [0.3, 0.4) is 0 Å². The molecule has 0 fully saturated rings. The Morgan fingerprint density at radius 1 is 1.19 bits per heavy atom. The van der Waals surface area contributed by atoms with E-state index in [-0.39, 0.29) is 16.4 Å². The van der Waals surface area contributed by atoms with E-state index < -0.39 is 11.9 Å². The fourth-order valence-corrected chi connectivity index (χ4v) is 1.76. The van der Waals surface area contributed by atoms with Gasteiger partial charge in [-0.2, -0.15) is 13.2 Å². The Hall–Kier alpha value is -1.83. The Balaban J connectivity index is 0.00000106. The van der Waals surface area contributed by atoms with Crippen molar-refractivity contribution in [3.05, 3.63) is 40.4 Å².